The second-order valence-electron chi connectivity index (χ2n) is 5.62. The van der Waals surface area contributed by atoms with Crippen molar-refractivity contribution in [3.8, 4) is 0 Å². The quantitative estimate of drug-likeness (QED) is 0.876. The number of rotatable bonds is 5. The number of hydrogen-bond acceptors (Lipinski definition) is 3. The normalized spacial score (nSPS) is 18.9. The molecule has 0 radical (unpaired) electrons. The number of hydrogen-bond donors (Lipinski definition) is 2. The van der Waals surface area contributed by atoms with Gasteiger partial charge in [-0.2, -0.15) is 0 Å². The fourth-order valence-electron chi connectivity index (χ4n) is 2.97. The third kappa shape index (κ3) is 3.59. The Morgan fingerprint density at radius 2 is 1.90 bits per heavy atom. The molecule has 1 aromatic rings. The van der Waals surface area contributed by atoms with E-state index in [0.717, 1.165) is 12.8 Å². The monoisotopic (exact) mass is 296 g/mol. The summed E-state index contributed by atoms with van der Waals surface area (Å²) < 4.78 is 27.8. The van der Waals surface area contributed by atoms with Crippen molar-refractivity contribution in [1.82, 2.24) is 4.72 Å². The third-order valence-corrected chi connectivity index (χ3v) is 5.84. The van der Waals surface area contributed by atoms with Gasteiger partial charge in [0.1, 0.15) is 0 Å². The van der Waals surface area contributed by atoms with Crippen molar-refractivity contribution < 1.29 is 8.42 Å². The van der Waals surface area contributed by atoms with Crippen molar-refractivity contribution in [3.63, 3.8) is 0 Å². The van der Waals surface area contributed by atoms with Gasteiger partial charge in [0.05, 0.1) is 4.90 Å². The van der Waals surface area contributed by atoms with Crippen LogP contribution in [-0.4, -0.2) is 14.5 Å². The maximum absolute atomic E-state index is 12.5. The molecule has 0 spiro atoms. The molecular formula is C15H24N2O2S. The van der Waals surface area contributed by atoms with E-state index in [1.54, 1.807) is 18.2 Å². The highest BCUT2D eigenvalue weighted by atomic mass is 32.2. The third-order valence-electron chi connectivity index (χ3n) is 4.18. The number of benzene rings is 1. The summed E-state index contributed by atoms with van der Waals surface area (Å²) in [5.74, 6) is 0.448. The molecule has 2 rings (SSSR count). The van der Waals surface area contributed by atoms with Gasteiger partial charge in [0, 0.05) is 12.6 Å². The summed E-state index contributed by atoms with van der Waals surface area (Å²) >= 11 is 0. The van der Waals surface area contributed by atoms with Crippen molar-refractivity contribution in [1.29, 1.82) is 0 Å². The Bertz CT molecular complexity index is 537. The molecule has 0 saturated heterocycles. The van der Waals surface area contributed by atoms with Crippen LogP contribution in [0.1, 0.15) is 44.6 Å². The number of nitrogens with two attached hydrogens (primary N) is 1. The van der Waals surface area contributed by atoms with E-state index in [1.807, 2.05) is 13.0 Å². The van der Waals surface area contributed by atoms with Crippen LogP contribution in [0, 0.1) is 5.92 Å². The fourth-order valence-corrected chi connectivity index (χ4v) is 4.54. The Morgan fingerprint density at radius 3 is 2.55 bits per heavy atom. The van der Waals surface area contributed by atoms with E-state index in [4.69, 9.17) is 5.73 Å². The van der Waals surface area contributed by atoms with Gasteiger partial charge in [0.2, 0.25) is 10.0 Å². The van der Waals surface area contributed by atoms with Crippen LogP contribution in [0.4, 0.5) is 0 Å². The molecule has 1 atom stereocenters. The minimum Gasteiger partial charge on any atom is -0.326 e. The molecule has 0 heterocycles. The Labute approximate surface area is 121 Å². The van der Waals surface area contributed by atoms with Crippen LogP contribution < -0.4 is 10.5 Å². The van der Waals surface area contributed by atoms with E-state index in [1.165, 1.54) is 19.3 Å². The summed E-state index contributed by atoms with van der Waals surface area (Å²) in [6.07, 6.45) is 5.91. The van der Waals surface area contributed by atoms with Crippen LogP contribution in [0.3, 0.4) is 0 Å². The van der Waals surface area contributed by atoms with Gasteiger partial charge in [-0.3, -0.25) is 0 Å². The van der Waals surface area contributed by atoms with Crippen LogP contribution in [0.25, 0.3) is 0 Å². The predicted octanol–water partition coefficient (Wildman–Crippen LogP) is 2.39. The second kappa shape index (κ2) is 6.70. The molecule has 0 aliphatic heterocycles. The van der Waals surface area contributed by atoms with E-state index in [2.05, 4.69) is 4.72 Å². The van der Waals surface area contributed by atoms with Crippen molar-refractivity contribution in [3.05, 3.63) is 29.8 Å². The highest BCUT2D eigenvalue weighted by Gasteiger charge is 2.26. The lowest BCUT2D eigenvalue weighted by molar-refractivity contribution is 0.303. The minimum absolute atomic E-state index is 0.0221. The second-order valence-corrected chi connectivity index (χ2v) is 7.30. The molecular weight excluding hydrogens is 272 g/mol. The topological polar surface area (TPSA) is 72.2 Å². The number of sulfonamides is 1. The lowest BCUT2D eigenvalue weighted by Gasteiger charge is -2.28. The van der Waals surface area contributed by atoms with Gasteiger partial charge in [-0.15, -0.1) is 0 Å². The molecule has 1 saturated carbocycles. The average Bonchev–Trinajstić information content (AvgIpc) is 2.47. The molecule has 112 valence electrons. The summed E-state index contributed by atoms with van der Waals surface area (Å²) in [6.45, 7) is 2.20. The molecule has 0 amide bonds. The van der Waals surface area contributed by atoms with Crippen LogP contribution in [0.5, 0.6) is 0 Å². The van der Waals surface area contributed by atoms with Gasteiger partial charge in [-0.25, -0.2) is 13.1 Å². The maximum Gasteiger partial charge on any atom is 0.241 e. The largest absolute Gasteiger partial charge is 0.326 e. The van der Waals surface area contributed by atoms with Crippen LogP contribution in [0.15, 0.2) is 29.2 Å². The standard InChI is InChI=1S/C15H24N2O2S/c1-12(13-7-3-2-4-8-13)17-20(18,19)15-10-6-5-9-14(15)11-16/h5-6,9-10,12-13,17H,2-4,7-8,11,16H2,1H3. The van der Waals surface area contributed by atoms with Gasteiger partial charge in [0.25, 0.3) is 0 Å². The molecule has 4 nitrogen and oxygen atoms in total. The van der Waals surface area contributed by atoms with E-state index >= 15 is 0 Å². The van der Waals surface area contributed by atoms with Crippen molar-refractivity contribution in [2.45, 2.75) is 56.5 Å². The summed E-state index contributed by atoms with van der Waals surface area (Å²) in [5.41, 5.74) is 6.29. The Kier molecular flexibility index (Phi) is 5.18. The Balaban J connectivity index is 2.14. The molecule has 1 aliphatic rings. The summed E-state index contributed by atoms with van der Waals surface area (Å²) in [5, 5.41) is 0. The fraction of sp³-hybridized carbons (Fsp3) is 0.600. The Morgan fingerprint density at radius 1 is 1.25 bits per heavy atom. The molecule has 1 unspecified atom stereocenters. The van der Waals surface area contributed by atoms with Crippen LogP contribution in [0.2, 0.25) is 0 Å². The van der Waals surface area contributed by atoms with E-state index in [0.29, 0.717) is 16.4 Å². The molecule has 0 bridgehead atoms. The van der Waals surface area contributed by atoms with Crippen molar-refractivity contribution >= 4 is 10.0 Å². The van der Waals surface area contributed by atoms with Crippen LogP contribution >= 0.6 is 0 Å². The van der Waals surface area contributed by atoms with Gasteiger partial charge < -0.3 is 5.73 Å². The predicted molar refractivity (Wildman–Crippen MR) is 80.7 cm³/mol. The van der Waals surface area contributed by atoms with Crippen molar-refractivity contribution in [2.75, 3.05) is 0 Å². The maximum atomic E-state index is 12.5. The first kappa shape index (κ1) is 15.5. The summed E-state index contributed by atoms with van der Waals surface area (Å²) in [4.78, 5) is 0.310. The summed E-state index contributed by atoms with van der Waals surface area (Å²) in [7, 11) is -3.48. The molecule has 3 N–H and O–H groups in total. The zero-order valence-corrected chi connectivity index (χ0v) is 12.8. The zero-order valence-electron chi connectivity index (χ0n) is 12.0. The van der Waals surface area contributed by atoms with E-state index in [9.17, 15) is 8.42 Å². The SMILES string of the molecule is CC(NS(=O)(=O)c1ccccc1CN)C1CCCCC1. The van der Waals surface area contributed by atoms with Gasteiger partial charge in [-0.1, -0.05) is 37.5 Å². The minimum atomic E-state index is -3.48. The van der Waals surface area contributed by atoms with Gasteiger partial charge >= 0.3 is 0 Å². The highest BCUT2D eigenvalue weighted by Crippen LogP contribution is 2.27. The lowest BCUT2D eigenvalue weighted by atomic mass is 9.85. The zero-order chi connectivity index (χ0) is 14.6. The molecule has 1 aliphatic carbocycles. The smallest absolute Gasteiger partial charge is 0.241 e. The van der Waals surface area contributed by atoms with Crippen molar-refractivity contribution in [2.24, 2.45) is 11.7 Å². The van der Waals surface area contributed by atoms with Crippen LogP contribution in [-0.2, 0) is 16.6 Å². The molecule has 20 heavy (non-hydrogen) atoms. The first-order chi connectivity index (χ1) is 9.54. The van der Waals surface area contributed by atoms with E-state index in [-0.39, 0.29) is 12.6 Å². The molecule has 1 aromatic carbocycles. The highest BCUT2D eigenvalue weighted by molar-refractivity contribution is 7.89. The lowest BCUT2D eigenvalue weighted by Crippen LogP contribution is -2.39. The average molecular weight is 296 g/mol. The van der Waals surface area contributed by atoms with E-state index < -0.39 is 10.0 Å². The Hall–Kier alpha value is -0.910. The number of nitrogens with one attached hydrogen (secondary N) is 1. The van der Waals surface area contributed by atoms with Gasteiger partial charge in [-0.05, 0) is 37.3 Å². The molecule has 5 heteroatoms. The summed E-state index contributed by atoms with van der Waals surface area (Å²) in [6, 6.07) is 6.91. The van der Waals surface area contributed by atoms with Gasteiger partial charge in [0.15, 0.2) is 0 Å². The molecule has 1 fully saturated rings. The first-order valence-corrected chi connectivity index (χ1v) is 8.83. The first-order valence-electron chi connectivity index (χ1n) is 7.35. The molecule has 0 aromatic heterocycles.